The number of rotatable bonds is 7. The summed E-state index contributed by atoms with van der Waals surface area (Å²) < 4.78 is 9.31. The fourth-order valence-corrected chi connectivity index (χ4v) is 11.2. The van der Waals surface area contributed by atoms with Crippen molar-refractivity contribution in [3.05, 3.63) is 192 Å². The van der Waals surface area contributed by atoms with Crippen LogP contribution in [0.1, 0.15) is 103 Å². The van der Waals surface area contributed by atoms with Gasteiger partial charge in [0.25, 0.3) is 0 Å². The molecule has 73 heavy (non-hydrogen) atoms. The first-order valence-corrected chi connectivity index (χ1v) is 29.2. The molecule has 0 spiro atoms. The Labute approximate surface area is 447 Å². The van der Waals surface area contributed by atoms with E-state index in [1.165, 1.54) is 65.8 Å². The van der Waals surface area contributed by atoms with E-state index >= 15 is 0 Å². The van der Waals surface area contributed by atoms with Crippen LogP contribution < -0.4 is 5.19 Å². The van der Waals surface area contributed by atoms with Crippen LogP contribution in [0.3, 0.4) is 0 Å². The van der Waals surface area contributed by atoms with Gasteiger partial charge in [-0.25, -0.2) is 0 Å². The summed E-state index contributed by atoms with van der Waals surface area (Å²) in [5, 5.41) is 8.45. The van der Waals surface area contributed by atoms with E-state index in [0.29, 0.717) is 0 Å². The minimum absolute atomic E-state index is 0. The maximum Gasteiger partial charge on any atom is 0.121 e. The van der Waals surface area contributed by atoms with E-state index in [2.05, 4.69) is 238 Å². The Bertz CT molecular complexity index is 3760. The average Bonchev–Trinajstić information content (AvgIpc) is 3.93. The first-order chi connectivity index (χ1) is 34.2. The number of pyridine rings is 1. The van der Waals surface area contributed by atoms with Crippen molar-refractivity contribution in [1.29, 1.82) is 0 Å². The molecule has 4 nitrogen and oxygen atoms in total. The van der Waals surface area contributed by atoms with Gasteiger partial charge in [-0.15, -0.1) is 54.1 Å². The molecule has 3 aromatic heterocycles. The maximum absolute atomic E-state index is 6.91. The van der Waals surface area contributed by atoms with Crippen molar-refractivity contribution in [1.82, 2.24) is 14.5 Å². The molecule has 0 N–H and O–H groups in total. The SMILES string of the molecule is CC(C)c1cc(-c2cc(C(C)(C)C)cc(C(C)(C)C)c2)cc(C(C)C)c1-n1c(-c2[c-]ccc3c2oc2cc4c(ccc5ccccc54)cc23)nc2ccccc21.C[Si](C)(C)c1ccnc(-c2[c-]cccc2)c1.[Ir]. The summed E-state index contributed by atoms with van der Waals surface area (Å²) in [6.45, 7) is 30.2. The third-order valence-corrected chi connectivity index (χ3v) is 16.4. The molecule has 0 unspecified atom stereocenters. The molecule has 0 saturated carbocycles. The predicted molar refractivity (Wildman–Crippen MR) is 310 cm³/mol. The van der Waals surface area contributed by atoms with Crippen molar-refractivity contribution in [2.75, 3.05) is 0 Å². The van der Waals surface area contributed by atoms with E-state index in [1.807, 2.05) is 30.5 Å². The van der Waals surface area contributed by atoms with Crippen LogP contribution in [-0.4, -0.2) is 22.6 Å². The number of para-hydroxylation sites is 2. The number of hydrogen-bond acceptors (Lipinski definition) is 3. The molecule has 0 aliphatic rings. The largest absolute Gasteiger partial charge is 0.501 e. The molecule has 0 fully saturated rings. The summed E-state index contributed by atoms with van der Waals surface area (Å²) >= 11 is 0. The number of hydrogen-bond donors (Lipinski definition) is 0. The van der Waals surface area contributed by atoms with Crippen molar-refractivity contribution in [2.45, 2.75) is 112 Å². The minimum atomic E-state index is -1.25. The van der Waals surface area contributed by atoms with Crippen LogP contribution in [0.5, 0.6) is 0 Å². The van der Waals surface area contributed by atoms with Crippen LogP contribution in [0.4, 0.5) is 0 Å². The van der Waals surface area contributed by atoms with Gasteiger partial charge in [-0.05, 0) is 126 Å². The third kappa shape index (κ3) is 10.0. The molecule has 0 atom stereocenters. The Morgan fingerprint density at radius 2 is 1.22 bits per heavy atom. The Kier molecular flexibility index (Phi) is 13.9. The number of imidazole rings is 1. The van der Waals surface area contributed by atoms with E-state index < -0.39 is 8.07 Å². The second kappa shape index (κ2) is 19.8. The summed E-state index contributed by atoms with van der Waals surface area (Å²) in [5.41, 5.74) is 15.8. The predicted octanol–water partition coefficient (Wildman–Crippen LogP) is 18.3. The summed E-state index contributed by atoms with van der Waals surface area (Å²) in [6, 6.07) is 61.5. The molecule has 11 aromatic rings. The van der Waals surface area contributed by atoms with Crippen LogP contribution in [0.25, 0.3) is 94.0 Å². The first kappa shape index (κ1) is 51.5. The van der Waals surface area contributed by atoms with Crippen LogP contribution >= 0.6 is 0 Å². The Hall–Kier alpha value is -6.43. The molecular weight excluding hydrogens is 1080 g/mol. The zero-order valence-electron chi connectivity index (χ0n) is 44.7. The number of fused-ring (bicyclic) bond motifs is 7. The van der Waals surface area contributed by atoms with Gasteiger partial charge in [0.1, 0.15) is 5.58 Å². The molecule has 8 aromatic carbocycles. The van der Waals surface area contributed by atoms with Crippen molar-refractivity contribution < 1.29 is 24.5 Å². The molecule has 11 rings (SSSR count). The van der Waals surface area contributed by atoms with Gasteiger partial charge >= 0.3 is 0 Å². The number of benzene rings is 8. The molecule has 3 heterocycles. The van der Waals surface area contributed by atoms with E-state index in [1.54, 1.807) is 0 Å². The van der Waals surface area contributed by atoms with Gasteiger partial charge < -0.3 is 14.0 Å². The molecule has 6 heteroatoms. The second-order valence-electron chi connectivity index (χ2n) is 23.4. The summed E-state index contributed by atoms with van der Waals surface area (Å²) in [5.74, 6) is 1.34. The van der Waals surface area contributed by atoms with Crippen molar-refractivity contribution in [2.24, 2.45) is 0 Å². The number of aromatic nitrogens is 3. The summed E-state index contributed by atoms with van der Waals surface area (Å²) in [7, 11) is -1.25. The minimum Gasteiger partial charge on any atom is -0.501 e. The number of furan rings is 1. The van der Waals surface area contributed by atoms with E-state index in [4.69, 9.17) is 9.40 Å². The molecule has 0 saturated heterocycles. The van der Waals surface area contributed by atoms with Crippen molar-refractivity contribution in [3.63, 3.8) is 0 Å². The van der Waals surface area contributed by atoms with E-state index in [0.717, 1.165) is 55.6 Å². The van der Waals surface area contributed by atoms with Crippen LogP contribution in [0.15, 0.2) is 162 Å². The van der Waals surface area contributed by atoms with Crippen LogP contribution in [0.2, 0.25) is 19.6 Å². The second-order valence-corrected chi connectivity index (χ2v) is 28.5. The van der Waals surface area contributed by atoms with Gasteiger partial charge in [-0.3, -0.25) is 4.98 Å². The summed E-state index contributed by atoms with van der Waals surface area (Å²) in [6.07, 6.45) is 1.91. The standard InChI is InChI=1S/C53H51N2O.C14H16NSi.Ir/c1-31(2)42-27-36(35-24-37(52(5,6)7)29-38(25-35)53(8,9)10)28-43(32(3)4)49(42)55-47-21-14-13-20-46(47)54-51(55)41-19-15-18-40-45-26-34-23-22-33-16-11-12-17-39(33)44(34)30-48(45)56-50(40)41;1-16(2,3)13-9-10-15-14(11-13)12-7-5-4-6-8-12;/h11-18,20-32H,1-10H3;4-7,9-11H,1-3H3;/q2*-1;. The van der Waals surface area contributed by atoms with E-state index in [9.17, 15) is 0 Å². The Morgan fingerprint density at radius 1 is 0.575 bits per heavy atom. The van der Waals surface area contributed by atoms with Crippen LogP contribution in [0, 0.1) is 12.1 Å². The van der Waals surface area contributed by atoms with Crippen molar-refractivity contribution >= 4 is 67.8 Å². The third-order valence-electron chi connectivity index (χ3n) is 14.3. The molecule has 371 valence electrons. The van der Waals surface area contributed by atoms with Crippen molar-refractivity contribution in [3.8, 4) is 39.5 Å². The van der Waals surface area contributed by atoms with Gasteiger partial charge in [0.05, 0.1) is 30.5 Å². The Morgan fingerprint density at radius 3 is 1.88 bits per heavy atom. The fourth-order valence-electron chi connectivity index (χ4n) is 10.1. The molecule has 0 aliphatic carbocycles. The monoisotopic (exact) mass is 1150 g/mol. The maximum atomic E-state index is 6.91. The molecular formula is C67H67IrN3OSi-2. The first-order valence-electron chi connectivity index (χ1n) is 25.7. The van der Waals surface area contributed by atoms with Gasteiger partial charge in [-0.1, -0.05) is 178 Å². The zero-order valence-corrected chi connectivity index (χ0v) is 48.1. The summed E-state index contributed by atoms with van der Waals surface area (Å²) in [4.78, 5) is 9.82. The normalized spacial score (nSPS) is 12.3. The molecule has 0 amide bonds. The van der Waals surface area contributed by atoms with Gasteiger partial charge in [0.15, 0.2) is 0 Å². The smallest absolute Gasteiger partial charge is 0.121 e. The van der Waals surface area contributed by atoms with Gasteiger partial charge in [0.2, 0.25) is 0 Å². The zero-order chi connectivity index (χ0) is 50.9. The number of nitrogens with zero attached hydrogens (tertiary/aromatic N) is 3. The topological polar surface area (TPSA) is 43.9 Å². The average molecular weight is 1150 g/mol. The Balaban J connectivity index is 0.000000329. The molecule has 0 aliphatic heterocycles. The molecule has 1 radical (unpaired) electrons. The van der Waals surface area contributed by atoms with Gasteiger partial charge in [0, 0.05) is 37.4 Å². The van der Waals surface area contributed by atoms with Gasteiger partial charge in [-0.2, -0.15) is 0 Å². The quantitative estimate of drug-likeness (QED) is 0.0907. The fraction of sp³-hybridized carbons (Fsp3) is 0.254. The molecule has 0 bridgehead atoms. The van der Waals surface area contributed by atoms with E-state index in [-0.39, 0.29) is 42.8 Å². The van der Waals surface area contributed by atoms with Crippen LogP contribution in [-0.2, 0) is 30.9 Å².